The Bertz CT molecular complexity index is 574. The predicted octanol–water partition coefficient (Wildman–Crippen LogP) is 0.167. The first kappa shape index (κ1) is 15.0. The van der Waals surface area contributed by atoms with Gasteiger partial charge >= 0.3 is 5.97 Å². The van der Waals surface area contributed by atoms with Gasteiger partial charge in [0.25, 0.3) is 0 Å². The van der Waals surface area contributed by atoms with Crippen LogP contribution in [0.3, 0.4) is 0 Å². The van der Waals surface area contributed by atoms with Crippen LogP contribution in [0.1, 0.15) is 26.7 Å². The zero-order valence-corrected chi connectivity index (χ0v) is 11.9. The highest BCUT2D eigenvalue weighted by atomic mass is 16.4. The van der Waals surface area contributed by atoms with Gasteiger partial charge in [-0.05, 0) is 26.7 Å². The lowest BCUT2D eigenvalue weighted by atomic mass is 10.1. The van der Waals surface area contributed by atoms with Crippen LogP contribution < -0.4 is 10.6 Å². The molecular weight excluding hydrogens is 276 g/mol. The van der Waals surface area contributed by atoms with E-state index in [0.717, 1.165) is 12.8 Å². The summed E-state index contributed by atoms with van der Waals surface area (Å²) in [4.78, 5) is 34.2. The van der Waals surface area contributed by atoms with Crippen LogP contribution in [0.2, 0.25) is 0 Å². The summed E-state index contributed by atoms with van der Waals surface area (Å²) in [5, 5.41) is 18.1. The number of carboxylic acids is 1. The van der Waals surface area contributed by atoms with Gasteiger partial charge in [0, 0.05) is 12.1 Å². The highest BCUT2D eigenvalue weighted by Gasteiger charge is 2.31. The fourth-order valence-electron chi connectivity index (χ4n) is 1.65. The third-order valence-electron chi connectivity index (χ3n) is 3.33. The SMILES string of the molecule is CC(C)(C(=O)O)n1cc(NC(=O)CNC(=O)C2CC2)cn1. The van der Waals surface area contributed by atoms with Crippen molar-refractivity contribution in [3.63, 3.8) is 0 Å². The molecule has 0 radical (unpaired) electrons. The molecule has 0 unspecified atom stereocenters. The van der Waals surface area contributed by atoms with E-state index in [1.807, 2.05) is 0 Å². The predicted molar refractivity (Wildman–Crippen MR) is 73.5 cm³/mol. The first-order valence-electron chi connectivity index (χ1n) is 6.67. The first-order chi connectivity index (χ1) is 9.80. The van der Waals surface area contributed by atoms with E-state index in [0.29, 0.717) is 5.69 Å². The van der Waals surface area contributed by atoms with Crippen molar-refractivity contribution in [1.29, 1.82) is 0 Å². The molecule has 1 heterocycles. The summed E-state index contributed by atoms with van der Waals surface area (Å²) in [5.41, 5.74) is -0.821. The van der Waals surface area contributed by atoms with Crippen molar-refractivity contribution in [2.45, 2.75) is 32.2 Å². The number of hydrogen-bond acceptors (Lipinski definition) is 4. The molecule has 2 rings (SSSR count). The molecule has 1 saturated carbocycles. The van der Waals surface area contributed by atoms with E-state index in [4.69, 9.17) is 5.11 Å². The van der Waals surface area contributed by atoms with Crippen LogP contribution in [-0.2, 0) is 19.9 Å². The lowest BCUT2D eigenvalue weighted by Gasteiger charge is -2.19. The van der Waals surface area contributed by atoms with Crippen molar-refractivity contribution in [2.75, 3.05) is 11.9 Å². The van der Waals surface area contributed by atoms with Gasteiger partial charge in [0.15, 0.2) is 5.54 Å². The largest absolute Gasteiger partial charge is 0.479 e. The second-order valence-corrected chi connectivity index (χ2v) is 5.58. The Morgan fingerprint density at radius 2 is 2.10 bits per heavy atom. The van der Waals surface area contributed by atoms with Crippen LogP contribution in [0, 0.1) is 5.92 Å². The van der Waals surface area contributed by atoms with Gasteiger partial charge < -0.3 is 15.7 Å². The minimum Gasteiger partial charge on any atom is -0.479 e. The third kappa shape index (κ3) is 3.59. The smallest absolute Gasteiger partial charge is 0.331 e. The highest BCUT2D eigenvalue weighted by molar-refractivity contribution is 5.94. The summed E-state index contributed by atoms with van der Waals surface area (Å²) in [5.74, 6) is -1.46. The molecule has 8 nitrogen and oxygen atoms in total. The quantitative estimate of drug-likeness (QED) is 0.692. The van der Waals surface area contributed by atoms with E-state index in [1.54, 1.807) is 0 Å². The number of nitrogens with one attached hydrogen (secondary N) is 2. The molecule has 1 aliphatic rings. The average molecular weight is 294 g/mol. The van der Waals surface area contributed by atoms with Gasteiger partial charge in [-0.3, -0.25) is 14.3 Å². The molecule has 2 amide bonds. The van der Waals surface area contributed by atoms with Crippen LogP contribution in [-0.4, -0.2) is 39.2 Å². The van der Waals surface area contributed by atoms with Gasteiger partial charge in [0.2, 0.25) is 11.8 Å². The second-order valence-electron chi connectivity index (χ2n) is 5.58. The minimum absolute atomic E-state index is 0.0527. The number of amides is 2. The summed E-state index contributed by atoms with van der Waals surface area (Å²) in [6, 6.07) is 0. The zero-order chi connectivity index (χ0) is 15.6. The van der Waals surface area contributed by atoms with Gasteiger partial charge in [0.05, 0.1) is 18.4 Å². The summed E-state index contributed by atoms with van der Waals surface area (Å²) >= 11 is 0. The Balaban J connectivity index is 1.88. The van der Waals surface area contributed by atoms with Crippen molar-refractivity contribution in [3.8, 4) is 0 Å². The molecule has 0 aromatic carbocycles. The van der Waals surface area contributed by atoms with Crippen LogP contribution in [0.4, 0.5) is 5.69 Å². The summed E-state index contributed by atoms with van der Waals surface area (Å²) in [7, 11) is 0. The maximum absolute atomic E-state index is 11.7. The fourth-order valence-corrected chi connectivity index (χ4v) is 1.65. The zero-order valence-electron chi connectivity index (χ0n) is 11.9. The summed E-state index contributed by atoms with van der Waals surface area (Å²) in [6.07, 6.45) is 4.56. The van der Waals surface area contributed by atoms with E-state index in [2.05, 4.69) is 15.7 Å². The first-order valence-corrected chi connectivity index (χ1v) is 6.67. The van der Waals surface area contributed by atoms with Crippen LogP contribution >= 0.6 is 0 Å². The monoisotopic (exact) mass is 294 g/mol. The van der Waals surface area contributed by atoms with E-state index >= 15 is 0 Å². The molecule has 1 aliphatic carbocycles. The van der Waals surface area contributed by atoms with E-state index in [9.17, 15) is 14.4 Å². The Hall–Kier alpha value is -2.38. The number of aromatic nitrogens is 2. The van der Waals surface area contributed by atoms with Crippen molar-refractivity contribution < 1.29 is 19.5 Å². The number of nitrogens with zero attached hydrogens (tertiary/aromatic N) is 2. The minimum atomic E-state index is -1.21. The number of hydrogen-bond donors (Lipinski definition) is 3. The van der Waals surface area contributed by atoms with Crippen molar-refractivity contribution >= 4 is 23.5 Å². The molecule has 0 atom stereocenters. The van der Waals surface area contributed by atoms with Gasteiger partial charge in [-0.1, -0.05) is 0 Å². The molecule has 0 saturated heterocycles. The Labute approximate surface area is 121 Å². The van der Waals surface area contributed by atoms with Gasteiger partial charge in [-0.15, -0.1) is 0 Å². The molecule has 21 heavy (non-hydrogen) atoms. The molecule has 1 fully saturated rings. The summed E-state index contributed by atoms with van der Waals surface area (Å²) < 4.78 is 1.26. The highest BCUT2D eigenvalue weighted by Crippen LogP contribution is 2.28. The molecule has 8 heteroatoms. The van der Waals surface area contributed by atoms with Crippen molar-refractivity contribution in [1.82, 2.24) is 15.1 Å². The molecular formula is C13H18N4O4. The molecule has 0 bridgehead atoms. The number of carboxylic acid groups (broad SMARTS) is 1. The van der Waals surface area contributed by atoms with Crippen LogP contribution in [0.15, 0.2) is 12.4 Å². The molecule has 1 aromatic rings. The number of carbonyl (C=O) groups is 3. The van der Waals surface area contributed by atoms with E-state index < -0.39 is 11.5 Å². The maximum Gasteiger partial charge on any atom is 0.331 e. The van der Waals surface area contributed by atoms with Gasteiger partial charge in [-0.2, -0.15) is 5.10 Å². The third-order valence-corrected chi connectivity index (χ3v) is 3.33. The molecule has 0 aliphatic heterocycles. The van der Waals surface area contributed by atoms with Gasteiger partial charge in [0.1, 0.15) is 0 Å². The van der Waals surface area contributed by atoms with Gasteiger partial charge in [-0.25, -0.2) is 4.79 Å². The van der Waals surface area contributed by atoms with E-state index in [1.165, 1.54) is 30.9 Å². The Morgan fingerprint density at radius 1 is 1.43 bits per heavy atom. The molecule has 0 spiro atoms. The van der Waals surface area contributed by atoms with Crippen LogP contribution in [0.25, 0.3) is 0 Å². The normalized spacial score (nSPS) is 14.6. The second kappa shape index (κ2) is 5.55. The number of rotatable bonds is 6. The van der Waals surface area contributed by atoms with Crippen LogP contribution in [0.5, 0.6) is 0 Å². The Morgan fingerprint density at radius 3 is 2.67 bits per heavy atom. The number of aliphatic carboxylic acids is 1. The maximum atomic E-state index is 11.7. The molecule has 114 valence electrons. The Kier molecular flexibility index (Phi) is 3.97. The molecule has 1 aromatic heterocycles. The summed E-state index contributed by atoms with van der Waals surface area (Å²) in [6.45, 7) is 2.90. The van der Waals surface area contributed by atoms with E-state index in [-0.39, 0.29) is 24.3 Å². The number of anilines is 1. The van der Waals surface area contributed by atoms with Crippen molar-refractivity contribution in [2.24, 2.45) is 5.92 Å². The average Bonchev–Trinajstić information content (AvgIpc) is 3.16. The molecule has 3 N–H and O–H groups in total. The van der Waals surface area contributed by atoms with Crippen molar-refractivity contribution in [3.05, 3.63) is 12.4 Å². The lowest BCUT2D eigenvalue weighted by molar-refractivity contribution is -0.146. The number of carbonyl (C=O) groups excluding carboxylic acids is 2. The lowest BCUT2D eigenvalue weighted by Crippen LogP contribution is -2.36. The topological polar surface area (TPSA) is 113 Å². The standard InChI is InChI=1S/C13H18N4O4/c1-13(2,12(20)21)17-7-9(5-15-17)16-10(18)6-14-11(19)8-3-4-8/h5,7-8H,3-4,6H2,1-2H3,(H,14,19)(H,16,18)(H,20,21). The fraction of sp³-hybridized carbons (Fsp3) is 0.538.